The summed E-state index contributed by atoms with van der Waals surface area (Å²) in [5, 5.41) is 20.9. The Labute approximate surface area is 104 Å². The molecule has 1 aliphatic rings. The molecule has 0 saturated carbocycles. The molecule has 2 rings (SSSR count). The molecular weight excluding hydrogens is 238 g/mol. The molecule has 0 aliphatic carbocycles. The summed E-state index contributed by atoms with van der Waals surface area (Å²) >= 11 is 0. The molecule has 3 N–H and O–H groups in total. The lowest BCUT2D eigenvalue weighted by molar-refractivity contribution is -0.139. The smallest absolute Gasteiger partial charge is 0.306 e. The Morgan fingerprint density at radius 1 is 1.44 bits per heavy atom. The average Bonchev–Trinajstić information content (AvgIpc) is 2.76. The Morgan fingerprint density at radius 3 is 3.06 bits per heavy atom. The molecule has 0 amide bonds. The van der Waals surface area contributed by atoms with Gasteiger partial charge >= 0.3 is 5.97 Å². The largest absolute Gasteiger partial charge is 0.481 e. The fraction of sp³-hybridized carbons (Fsp3) is 0.417. The molecule has 1 aromatic rings. The van der Waals surface area contributed by atoms with Gasteiger partial charge in [0.05, 0.1) is 12.5 Å². The quantitative estimate of drug-likeness (QED) is 0.677. The lowest BCUT2D eigenvalue weighted by atomic mass is 10.2. The maximum atomic E-state index is 10.4. The topological polar surface area (TPSA) is 88.0 Å². The van der Waals surface area contributed by atoms with E-state index in [-0.39, 0.29) is 19.8 Å². The summed E-state index contributed by atoms with van der Waals surface area (Å²) < 4.78 is 10.6. The summed E-state index contributed by atoms with van der Waals surface area (Å²) in [4.78, 5) is 10.4. The fourth-order valence-electron chi connectivity index (χ4n) is 1.78. The van der Waals surface area contributed by atoms with E-state index in [4.69, 9.17) is 14.6 Å². The number of rotatable bonds is 6. The van der Waals surface area contributed by atoms with E-state index in [9.17, 15) is 9.90 Å². The summed E-state index contributed by atoms with van der Waals surface area (Å²) in [5.74, 6) is 0.403. The van der Waals surface area contributed by atoms with E-state index in [0.29, 0.717) is 18.0 Å². The van der Waals surface area contributed by atoms with Crippen molar-refractivity contribution in [2.45, 2.75) is 19.1 Å². The van der Waals surface area contributed by atoms with Crippen LogP contribution in [0.5, 0.6) is 11.5 Å². The van der Waals surface area contributed by atoms with Gasteiger partial charge < -0.3 is 25.0 Å². The van der Waals surface area contributed by atoms with Gasteiger partial charge in [-0.05, 0) is 6.07 Å². The van der Waals surface area contributed by atoms with Gasteiger partial charge in [-0.2, -0.15) is 0 Å². The van der Waals surface area contributed by atoms with Crippen molar-refractivity contribution in [3.63, 3.8) is 0 Å². The van der Waals surface area contributed by atoms with Crippen LogP contribution in [0.25, 0.3) is 0 Å². The summed E-state index contributed by atoms with van der Waals surface area (Å²) in [6, 6.07) is 5.58. The minimum Gasteiger partial charge on any atom is -0.481 e. The number of carbonyl (C=O) groups is 1. The molecule has 0 spiro atoms. The predicted octanol–water partition coefficient (Wildman–Crippen LogP) is 0.340. The Kier molecular flexibility index (Phi) is 4.01. The summed E-state index contributed by atoms with van der Waals surface area (Å²) in [6.45, 7) is 0.925. The van der Waals surface area contributed by atoms with Crippen molar-refractivity contribution in [2.24, 2.45) is 0 Å². The SMILES string of the molecule is O=C(O)CC(O)CNCc1cccc2c1OCO2. The Morgan fingerprint density at radius 2 is 2.28 bits per heavy atom. The third kappa shape index (κ3) is 3.12. The number of aliphatic hydroxyl groups is 1. The minimum atomic E-state index is -1.01. The van der Waals surface area contributed by atoms with Crippen molar-refractivity contribution in [1.82, 2.24) is 5.32 Å². The second kappa shape index (κ2) is 5.70. The van der Waals surface area contributed by atoms with Crippen LogP contribution in [0.2, 0.25) is 0 Å². The Bertz CT molecular complexity index is 434. The molecule has 0 fully saturated rings. The van der Waals surface area contributed by atoms with E-state index in [0.717, 1.165) is 5.56 Å². The molecule has 1 aromatic carbocycles. The van der Waals surface area contributed by atoms with Gasteiger partial charge in [0.15, 0.2) is 11.5 Å². The fourth-order valence-corrected chi connectivity index (χ4v) is 1.78. The third-order valence-electron chi connectivity index (χ3n) is 2.58. The van der Waals surface area contributed by atoms with Crippen LogP contribution in [0.1, 0.15) is 12.0 Å². The van der Waals surface area contributed by atoms with E-state index < -0.39 is 12.1 Å². The first-order valence-corrected chi connectivity index (χ1v) is 5.65. The molecule has 0 saturated heterocycles. The van der Waals surface area contributed by atoms with Crippen molar-refractivity contribution in [2.75, 3.05) is 13.3 Å². The molecule has 1 heterocycles. The predicted molar refractivity (Wildman–Crippen MR) is 62.5 cm³/mol. The maximum absolute atomic E-state index is 10.4. The molecule has 1 atom stereocenters. The highest BCUT2D eigenvalue weighted by Gasteiger charge is 2.17. The molecule has 0 bridgehead atoms. The number of aliphatic hydroxyl groups excluding tert-OH is 1. The second-order valence-corrected chi connectivity index (χ2v) is 4.03. The van der Waals surface area contributed by atoms with E-state index in [1.54, 1.807) is 0 Å². The Hall–Kier alpha value is -1.79. The van der Waals surface area contributed by atoms with Crippen LogP contribution < -0.4 is 14.8 Å². The first-order chi connectivity index (χ1) is 8.66. The average molecular weight is 253 g/mol. The van der Waals surface area contributed by atoms with Crippen molar-refractivity contribution >= 4 is 5.97 Å². The van der Waals surface area contributed by atoms with E-state index in [1.807, 2.05) is 18.2 Å². The zero-order valence-corrected chi connectivity index (χ0v) is 9.76. The first-order valence-electron chi connectivity index (χ1n) is 5.65. The number of aliphatic carboxylic acids is 1. The molecule has 0 aromatic heterocycles. The molecule has 1 aliphatic heterocycles. The maximum Gasteiger partial charge on any atom is 0.306 e. The summed E-state index contributed by atoms with van der Waals surface area (Å²) in [7, 11) is 0. The minimum absolute atomic E-state index is 0.216. The van der Waals surface area contributed by atoms with Crippen LogP contribution in [-0.2, 0) is 11.3 Å². The number of carboxylic acids is 1. The van der Waals surface area contributed by atoms with Gasteiger partial charge in [-0.3, -0.25) is 4.79 Å². The van der Waals surface area contributed by atoms with Crippen LogP contribution >= 0.6 is 0 Å². The molecule has 0 radical (unpaired) electrons. The number of para-hydroxylation sites is 1. The highest BCUT2D eigenvalue weighted by Crippen LogP contribution is 2.35. The summed E-state index contributed by atoms with van der Waals surface area (Å²) in [6.07, 6.45) is -1.16. The van der Waals surface area contributed by atoms with Crippen molar-refractivity contribution in [3.8, 4) is 11.5 Å². The van der Waals surface area contributed by atoms with Crippen LogP contribution in [0, 0.1) is 0 Å². The monoisotopic (exact) mass is 253 g/mol. The lowest BCUT2D eigenvalue weighted by Crippen LogP contribution is -2.28. The van der Waals surface area contributed by atoms with Crippen LogP contribution in [0.15, 0.2) is 18.2 Å². The van der Waals surface area contributed by atoms with Crippen LogP contribution in [0.4, 0.5) is 0 Å². The summed E-state index contributed by atoms with van der Waals surface area (Å²) in [5.41, 5.74) is 0.924. The normalized spacial score (nSPS) is 14.5. The number of hydrogen-bond donors (Lipinski definition) is 3. The number of hydrogen-bond acceptors (Lipinski definition) is 5. The molecule has 6 heteroatoms. The van der Waals surface area contributed by atoms with Gasteiger partial charge in [-0.15, -0.1) is 0 Å². The molecule has 6 nitrogen and oxygen atoms in total. The van der Waals surface area contributed by atoms with Gasteiger partial charge in [-0.1, -0.05) is 12.1 Å². The zero-order valence-electron chi connectivity index (χ0n) is 9.76. The number of benzene rings is 1. The van der Waals surface area contributed by atoms with Crippen LogP contribution in [0.3, 0.4) is 0 Å². The van der Waals surface area contributed by atoms with E-state index in [2.05, 4.69) is 5.32 Å². The number of nitrogens with one attached hydrogen (secondary N) is 1. The van der Waals surface area contributed by atoms with Crippen molar-refractivity contribution in [1.29, 1.82) is 0 Å². The van der Waals surface area contributed by atoms with Crippen molar-refractivity contribution in [3.05, 3.63) is 23.8 Å². The molecular formula is C12H15NO5. The van der Waals surface area contributed by atoms with Gasteiger partial charge in [0.1, 0.15) is 0 Å². The highest BCUT2D eigenvalue weighted by atomic mass is 16.7. The zero-order chi connectivity index (χ0) is 13.0. The van der Waals surface area contributed by atoms with E-state index in [1.165, 1.54) is 0 Å². The van der Waals surface area contributed by atoms with Gasteiger partial charge in [0.25, 0.3) is 0 Å². The lowest BCUT2D eigenvalue weighted by Gasteiger charge is -2.10. The molecule has 98 valence electrons. The number of fused-ring (bicyclic) bond motifs is 1. The van der Waals surface area contributed by atoms with Crippen LogP contribution in [-0.4, -0.2) is 35.6 Å². The van der Waals surface area contributed by atoms with Gasteiger partial charge in [-0.25, -0.2) is 0 Å². The first kappa shape index (κ1) is 12.7. The Balaban J connectivity index is 1.84. The van der Waals surface area contributed by atoms with Gasteiger partial charge in [0, 0.05) is 18.7 Å². The molecule has 1 unspecified atom stereocenters. The number of carboxylic acid groups (broad SMARTS) is 1. The highest BCUT2D eigenvalue weighted by molar-refractivity contribution is 5.67. The van der Waals surface area contributed by atoms with E-state index >= 15 is 0 Å². The molecule has 18 heavy (non-hydrogen) atoms. The number of ether oxygens (including phenoxy) is 2. The van der Waals surface area contributed by atoms with Crippen molar-refractivity contribution < 1.29 is 24.5 Å². The van der Waals surface area contributed by atoms with Gasteiger partial charge in [0.2, 0.25) is 6.79 Å². The standard InChI is InChI=1S/C12H15NO5/c14-9(4-11(15)16)6-13-5-8-2-1-3-10-12(8)18-7-17-10/h1-3,9,13-14H,4-7H2,(H,15,16). The third-order valence-corrected chi connectivity index (χ3v) is 2.58. The second-order valence-electron chi connectivity index (χ2n) is 4.03.